The number of ether oxygens (including phenoxy) is 1. The van der Waals surface area contributed by atoms with Gasteiger partial charge in [0.15, 0.2) is 5.13 Å². The Morgan fingerprint density at radius 2 is 1.90 bits per heavy atom. The molecule has 31 heavy (non-hydrogen) atoms. The van der Waals surface area contributed by atoms with E-state index in [4.69, 9.17) is 9.84 Å². The third kappa shape index (κ3) is 7.50. The van der Waals surface area contributed by atoms with Gasteiger partial charge < -0.3 is 14.7 Å². The molecule has 2 aliphatic carbocycles. The molecule has 0 radical (unpaired) electrons. The number of carboxylic acids is 1. The average molecular weight is 468 g/mol. The summed E-state index contributed by atoms with van der Waals surface area (Å²) in [5, 5.41) is 12.4. The second-order valence-corrected chi connectivity index (χ2v) is 10.8. The van der Waals surface area contributed by atoms with Gasteiger partial charge in [-0.25, -0.2) is 9.78 Å². The highest BCUT2D eigenvalue weighted by Crippen LogP contribution is 2.33. The van der Waals surface area contributed by atoms with Gasteiger partial charge in [-0.05, 0) is 45.4 Å². The minimum absolute atomic E-state index is 0.0134. The molecule has 0 bridgehead atoms. The third-order valence-corrected chi connectivity index (χ3v) is 7.93. The van der Waals surface area contributed by atoms with Crippen LogP contribution in [-0.4, -0.2) is 57.5 Å². The SMILES string of the molecule is C=C(C)CO[C@H]1CC[C@H](N(C(=O)Nc2ncc(SCC(=O)O)s2)C2CCCCC2)CC1. The quantitative estimate of drug-likeness (QED) is 0.374. The van der Waals surface area contributed by atoms with E-state index in [-0.39, 0.29) is 30.0 Å². The summed E-state index contributed by atoms with van der Waals surface area (Å²) in [6.45, 7) is 6.49. The molecule has 9 heteroatoms. The summed E-state index contributed by atoms with van der Waals surface area (Å²) >= 11 is 2.54. The zero-order valence-electron chi connectivity index (χ0n) is 18.2. The predicted octanol–water partition coefficient (Wildman–Crippen LogP) is 5.39. The fraction of sp³-hybridized carbons (Fsp3) is 0.682. The highest BCUT2D eigenvalue weighted by Gasteiger charge is 2.34. The summed E-state index contributed by atoms with van der Waals surface area (Å²) in [5.74, 6) is -0.879. The van der Waals surface area contributed by atoms with Gasteiger partial charge in [-0.15, -0.1) is 11.8 Å². The van der Waals surface area contributed by atoms with E-state index < -0.39 is 5.97 Å². The number of aliphatic carboxylic acids is 1. The van der Waals surface area contributed by atoms with Crippen LogP contribution in [0.25, 0.3) is 0 Å². The van der Waals surface area contributed by atoms with Crippen molar-refractivity contribution in [2.24, 2.45) is 0 Å². The number of nitrogens with zero attached hydrogens (tertiary/aromatic N) is 2. The Morgan fingerprint density at radius 3 is 2.55 bits per heavy atom. The van der Waals surface area contributed by atoms with E-state index in [2.05, 4.69) is 21.8 Å². The molecule has 1 aromatic rings. The fourth-order valence-corrected chi connectivity index (χ4v) is 5.99. The number of carbonyl (C=O) groups excluding carboxylic acids is 1. The van der Waals surface area contributed by atoms with Crippen molar-refractivity contribution in [1.82, 2.24) is 9.88 Å². The van der Waals surface area contributed by atoms with Gasteiger partial charge in [0.2, 0.25) is 0 Å². The molecule has 2 saturated carbocycles. The molecule has 2 aliphatic rings. The summed E-state index contributed by atoms with van der Waals surface area (Å²) < 4.78 is 6.73. The van der Waals surface area contributed by atoms with Crippen LogP contribution in [0.1, 0.15) is 64.7 Å². The largest absolute Gasteiger partial charge is 0.481 e. The Kier molecular flexibility index (Phi) is 9.22. The van der Waals surface area contributed by atoms with E-state index >= 15 is 0 Å². The molecule has 7 nitrogen and oxygen atoms in total. The van der Waals surface area contributed by atoms with Crippen molar-refractivity contribution in [1.29, 1.82) is 0 Å². The van der Waals surface area contributed by atoms with Crippen LogP contribution >= 0.6 is 23.1 Å². The molecule has 0 atom stereocenters. The lowest BCUT2D eigenvalue weighted by Crippen LogP contribution is -2.51. The van der Waals surface area contributed by atoms with Crippen LogP contribution in [0, 0.1) is 0 Å². The van der Waals surface area contributed by atoms with Crippen molar-refractivity contribution < 1.29 is 19.4 Å². The Balaban J connectivity index is 1.61. The molecule has 1 aromatic heterocycles. The summed E-state index contributed by atoms with van der Waals surface area (Å²) in [6, 6.07) is 0.406. The molecule has 2 N–H and O–H groups in total. The summed E-state index contributed by atoms with van der Waals surface area (Å²) in [4.78, 5) is 30.4. The highest BCUT2D eigenvalue weighted by molar-refractivity contribution is 8.01. The van der Waals surface area contributed by atoms with Crippen LogP contribution in [0.3, 0.4) is 0 Å². The molecule has 0 aromatic carbocycles. The molecule has 3 rings (SSSR count). The van der Waals surface area contributed by atoms with Gasteiger partial charge in [0.25, 0.3) is 0 Å². The number of thioether (sulfide) groups is 1. The van der Waals surface area contributed by atoms with Gasteiger partial charge in [0.05, 0.1) is 28.9 Å². The van der Waals surface area contributed by atoms with E-state index in [0.29, 0.717) is 11.7 Å². The maximum atomic E-state index is 13.3. The Bertz CT molecular complexity index is 756. The first kappa shape index (κ1) is 24.1. The predicted molar refractivity (Wildman–Crippen MR) is 125 cm³/mol. The second-order valence-electron chi connectivity index (χ2n) is 8.49. The Hall–Kier alpha value is -1.58. The summed E-state index contributed by atoms with van der Waals surface area (Å²) in [5.41, 5.74) is 1.04. The number of rotatable bonds is 9. The maximum Gasteiger partial charge on any atom is 0.324 e. The zero-order chi connectivity index (χ0) is 22.2. The van der Waals surface area contributed by atoms with Crippen molar-refractivity contribution >= 4 is 40.2 Å². The van der Waals surface area contributed by atoms with E-state index in [1.54, 1.807) is 6.20 Å². The first-order valence-electron chi connectivity index (χ1n) is 11.1. The van der Waals surface area contributed by atoms with Crippen molar-refractivity contribution in [2.45, 2.75) is 87.1 Å². The fourth-order valence-electron chi connectivity index (χ4n) is 4.41. The Morgan fingerprint density at radius 1 is 1.23 bits per heavy atom. The van der Waals surface area contributed by atoms with E-state index in [1.165, 1.54) is 42.4 Å². The number of aromatic nitrogens is 1. The van der Waals surface area contributed by atoms with Gasteiger partial charge in [-0.1, -0.05) is 42.8 Å². The number of anilines is 1. The third-order valence-electron chi connectivity index (χ3n) is 5.84. The van der Waals surface area contributed by atoms with Crippen molar-refractivity contribution in [3.05, 3.63) is 18.3 Å². The number of urea groups is 1. The molecular formula is C22H33N3O4S2. The maximum absolute atomic E-state index is 13.3. The summed E-state index contributed by atoms with van der Waals surface area (Å²) in [6.07, 6.45) is 11.4. The van der Waals surface area contributed by atoms with E-state index in [1.807, 2.05) is 6.92 Å². The van der Waals surface area contributed by atoms with E-state index in [0.717, 1.165) is 48.3 Å². The van der Waals surface area contributed by atoms with Gasteiger partial charge in [-0.2, -0.15) is 0 Å². The van der Waals surface area contributed by atoms with Crippen molar-refractivity contribution in [3.63, 3.8) is 0 Å². The number of carbonyl (C=O) groups is 2. The minimum Gasteiger partial charge on any atom is -0.481 e. The number of amides is 2. The first-order chi connectivity index (χ1) is 14.9. The Labute approximate surface area is 192 Å². The lowest BCUT2D eigenvalue weighted by molar-refractivity contribution is -0.133. The number of hydrogen-bond donors (Lipinski definition) is 2. The van der Waals surface area contributed by atoms with Crippen molar-refractivity contribution in [3.8, 4) is 0 Å². The molecule has 0 aliphatic heterocycles. The zero-order valence-corrected chi connectivity index (χ0v) is 19.8. The van der Waals surface area contributed by atoms with Gasteiger partial charge >= 0.3 is 12.0 Å². The van der Waals surface area contributed by atoms with Crippen molar-refractivity contribution in [2.75, 3.05) is 17.7 Å². The van der Waals surface area contributed by atoms with E-state index in [9.17, 15) is 9.59 Å². The minimum atomic E-state index is -0.865. The van der Waals surface area contributed by atoms with Gasteiger partial charge in [0.1, 0.15) is 0 Å². The molecule has 1 heterocycles. The van der Waals surface area contributed by atoms with Crippen LogP contribution in [0.15, 0.2) is 22.6 Å². The van der Waals surface area contributed by atoms with Gasteiger partial charge in [-0.3, -0.25) is 10.1 Å². The standard InChI is InChI=1S/C22H33N3O4S2/c1-15(2)13-29-18-10-8-17(9-11-18)25(16-6-4-3-5-7-16)22(28)24-21-23-12-20(31-21)30-14-19(26)27/h12,16-18H,1,3-11,13-14H2,2H3,(H,26,27)(H,23,24,28)/t17-,18-. The number of thiazole rings is 1. The smallest absolute Gasteiger partial charge is 0.324 e. The van der Waals surface area contributed by atoms with Crippen LogP contribution < -0.4 is 5.32 Å². The molecule has 0 unspecified atom stereocenters. The first-order valence-corrected chi connectivity index (χ1v) is 12.9. The monoisotopic (exact) mass is 467 g/mol. The highest BCUT2D eigenvalue weighted by atomic mass is 32.2. The second kappa shape index (κ2) is 11.9. The number of hydrogen-bond acceptors (Lipinski definition) is 6. The lowest BCUT2D eigenvalue weighted by Gasteiger charge is -2.42. The van der Waals surface area contributed by atoms with Crippen LogP contribution in [0.2, 0.25) is 0 Å². The summed E-state index contributed by atoms with van der Waals surface area (Å²) in [7, 11) is 0. The normalized spacial score (nSPS) is 22.1. The van der Waals surface area contributed by atoms with Gasteiger partial charge in [0, 0.05) is 12.1 Å². The van der Waals surface area contributed by atoms with Crippen LogP contribution in [0.4, 0.5) is 9.93 Å². The lowest BCUT2D eigenvalue weighted by atomic mass is 9.88. The molecular weight excluding hydrogens is 434 g/mol. The molecule has 2 fully saturated rings. The van der Waals surface area contributed by atoms with Crippen LogP contribution in [0.5, 0.6) is 0 Å². The number of carboxylic acid groups (broad SMARTS) is 1. The molecule has 172 valence electrons. The topological polar surface area (TPSA) is 91.8 Å². The molecule has 2 amide bonds. The van der Waals surface area contributed by atoms with Crippen LogP contribution in [-0.2, 0) is 9.53 Å². The number of nitrogens with one attached hydrogen (secondary N) is 1. The molecule has 0 saturated heterocycles. The average Bonchev–Trinajstić information content (AvgIpc) is 3.20. The molecule has 0 spiro atoms.